The lowest BCUT2D eigenvalue weighted by atomic mass is 9.88. The van der Waals surface area contributed by atoms with Gasteiger partial charge in [-0.05, 0) is 25.9 Å². The van der Waals surface area contributed by atoms with Crippen molar-refractivity contribution in [3.05, 3.63) is 11.7 Å². The summed E-state index contributed by atoms with van der Waals surface area (Å²) in [4.78, 5) is 21.3. The quantitative estimate of drug-likeness (QED) is 0.817. The number of piperazine rings is 1. The van der Waals surface area contributed by atoms with Crippen molar-refractivity contribution in [1.82, 2.24) is 25.3 Å². The van der Waals surface area contributed by atoms with Gasteiger partial charge in [-0.15, -0.1) is 24.8 Å². The molecule has 2 fully saturated rings. The lowest BCUT2D eigenvalue weighted by Gasteiger charge is -2.40. The van der Waals surface area contributed by atoms with Crippen LogP contribution < -0.4 is 5.32 Å². The van der Waals surface area contributed by atoms with Crippen LogP contribution in [-0.2, 0) is 11.2 Å². The van der Waals surface area contributed by atoms with E-state index in [2.05, 4.69) is 34.2 Å². The molecule has 2 aliphatic rings. The van der Waals surface area contributed by atoms with Crippen molar-refractivity contribution < 1.29 is 9.32 Å². The summed E-state index contributed by atoms with van der Waals surface area (Å²) in [5.41, 5.74) is 0. The Kier molecular flexibility index (Phi) is 8.60. The fourth-order valence-electron chi connectivity index (χ4n) is 3.22. The van der Waals surface area contributed by atoms with Crippen molar-refractivity contribution in [2.75, 3.05) is 39.3 Å². The summed E-state index contributed by atoms with van der Waals surface area (Å²) in [7, 11) is 0. The molecule has 0 bridgehead atoms. The topological polar surface area (TPSA) is 74.5 Å². The fraction of sp³-hybridized carbons (Fsp3) is 0.812. The minimum Gasteiger partial charge on any atom is -0.340 e. The zero-order chi connectivity index (χ0) is 16.4. The molecule has 1 aromatic heterocycles. The molecule has 0 radical (unpaired) electrons. The Balaban J connectivity index is 0.00000156. The molecule has 1 N–H and O–H groups in total. The zero-order valence-corrected chi connectivity index (χ0v) is 16.7. The number of amides is 1. The average molecular weight is 394 g/mol. The number of hydrogen-bond acceptors (Lipinski definition) is 6. The van der Waals surface area contributed by atoms with Crippen molar-refractivity contribution >= 4 is 30.7 Å². The van der Waals surface area contributed by atoms with Crippen molar-refractivity contribution in [2.24, 2.45) is 11.8 Å². The molecule has 2 aliphatic heterocycles. The van der Waals surface area contributed by atoms with Gasteiger partial charge in [0, 0.05) is 38.5 Å². The van der Waals surface area contributed by atoms with Gasteiger partial charge in [0.25, 0.3) is 0 Å². The normalized spacial score (nSPS) is 20.8. The molecule has 2 saturated heterocycles. The van der Waals surface area contributed by atoms with Gasteiger partial charge in [0.2, 0.25) is 11.8 Å². The van der Waals surface area contributed by atoms with E-state index in [0.717, 1.165) is 51.5 Å². The van der Waals surface area contributed by atoms with Crippen LogP contribution in [0.3, 0.4) is 0 Å². The minimum atomic E-state index is 0. The molecular weight excluding hydrogens is 365 g/mol. The van der Waals surface area contributed by atoms with Crippen LogP contribution in [0.4, 0.5) is 0 Å². The molecule has 7 nitrogen and oxygen atoms in total. The van der Waals surface area contributed by atoms with E-state index in [0.29, 0.717) is 17.7 Å². The third-order valence-electron chi connectivity index (χ3n) is 5.24. The van der Waals surface area contributed by atoms with Gasteiger partial charge in [-0.1, -0.05) is 19.0 Å². The Labute approximate surface area is 161 Å². The maximum atomic E-state index is 12.6. The van der Waals surface area contributed by atoms with Crippen LogP contribution in [0, 0.1) is 11.8 Å². The largest absolute Gasteiger partial charge is 0.340 e. The molecular formula is C16H29Cl2N5O2. The molecule has 3 heterocycles. The first-order valence-corrected chi connectivity index (χ1v) is 8.66. The Morgan fingerprint density at radius 3 is 2.36 bits per heavy atom. The van der Waals surface area contributed by atoms with Gasteiger partial charge in [-0.3, -0.25) is 9.69 Å². The predicted molar refractivity (Wildman–Crippen MR) is 100 cm³/mol. The van der Waals surface area contributed by atoms with Crippen LogP contribution in [0.5, 0.6) is 0 Å². The number of nitrogens with one attached hydrogen (secondary N) is 1. The fourth-order valence-corrected chi connectivity index (χ4v) is 3.22. The van der Waals surface area contributed by atoms with E-state index in [-0.39, 0.29) is 36.8 Å². The molecule has 1 amide bonds. The standard InChI is InChI=1S/C16H27N5O2.2ClH/c1-4-14-18-15(23-19-14)12(3)20-5-7-21(8-6-20)16(22)11(2)13-9-17-10-13;;/h11-13,17H,4-10H2,1-3H3;2*1H. The summed E-state index contributed by atoms with van der Waals surface area (Å²) >= 11 is 0. The van der Waals surface area contributed by atoms with Gasteiger partial charge >= 0.3 is 0 Å². The van der Waals surface area contributed by atoms with E-state index in [1.807, 2.05) is 11.8 Å². The Bertz CT molecular complexity index is 544. The Morgan fingerprint density at radius 2 is 1.88 bits per heavy atom. The highest BCUT2D eigenvalue weighted by atomic mass is 35.5. The Hall–Kier alpha value is -0.890. The second-order valence-corrected chi connectivity index (χ2v) is 6.65. The molecule has 2 atom stereocenters. The lowest BCUT2D eigenvalue weighted by Crippen LogP contribution is -2.54. The van der Waals surface area contributed by atoms with Crippen molar-refractivity contribution in [3.8, 4) is 0 Å². The van der Waals surface area contributed by atoms with E-state index in [1.54, 1.807) is 0 Å². The highest BCUT2D eigenvalue weighted by molar-refractivity contribution is 5.85. The number of hydrogen-bond donors (Lipinski definition) is 1. The monoisotopic (exact) mass is 393 g/mol. The second-order valence-electron chi connectivity index (χ2n) is 6.65. The first-order valence-electron chi connectivity index (χ1n) is 8.66. The maximum absolute atomic E-state index is 12.6. The molecule has 0 saturated carbocycles. The number of carbonyl (C=O) groups excluding carboxylic acids is 1. The molecule has 0 spiro atoms. The van der Waals surface area contributed by atoms with E-state index in [1.165, 1.54) is 0 Å². The molecule has 2 unspecified atom stereocenters. The summed E-state index contributed by atoms with van der Waals surface area (Å²) in [5.74, 6) is 2.36. The number of nitrogens with zero attached hydrogens (tertiary/aromatic N) is 4. The smallest absolute Gasteiger partial charge is 0.243 e. The lowest BCUT2D eigenvalue weighted by molar-refractivity contribution is -0.139. The van der Waals surface area contributed by atoms with E-state index in [4.69, 9.17) is 4.52 Å². The van der Waals surface area contributed by atoms with Gasteiger partial charge in [0.05, 0.1) is 6.04 Å². The molecule has 0 aromatic carbocycles. The molecule has 3 rings (SSSR count). The highest BCUT2D eigenvalue weighted by Crippen LogP contribution is 2.23. The molecule has 144 valence electrons. The molecule has 9 heteroatoms. The van der Waals surface area contributed by atoms with Gasteiger partial charge in [-0.2, -0.15) is 4.98 Å². The highest BCUT2D eigenvalue weighted by Gasteiger charge is 2.34. The number of aromatic nitrogens is 2. The third kappa shape index (κ3) is 4.84. The van der Waals surface area contributed by atoms with Crippen LogP contribution in [0.2, 0.25) is 0 Å². The molecule has 0 aliphatic carbocycles. The summed E-state index contributed by atoms with van der Waals surface area (Å²) in [6.45, 7) is 11.4. The first kappa shape index (κ1) is 22.2. The SMILES string of the molecule is CCc1noc(C(C)N2CCN(C(=O)C(C)C3CNC3)CC2)n1.Cl.Cl. The molecule has 25 heavy (non-hydrogen) atoms. The summed E-state index contributed by atoms with van der Waals surface area (Å²) in [6, 6.07) is 0.105. The average Bonchev–Trinajstić information content (AvgIpc) is 3.01. The molecule has 1 aromatic rings. The summed E-state index contributed by atoms with van der Waals surface area (Å²) in [6.07, 6.45) is 0.784. The van der Waals surface area contributed by atoms with Gasteiger partial charge in [-0.25, -0.2) is 0 Å². The van der Waals surface area contributed by atoms with Gasteiger partial charge in [0.15, 0.2) is 5.82 Å². The van der Waals surface area contributed by atoms with Crippen molar-refractivity contribution in [2.45, 2.75) is 33.2 Å². The van der Waals surface area contributed by atoms with Crippen LogP contribution in [-0.4, -0.2) is 65.1 Å². The number of rotatable bonds is 5. The van der Waals surface area contributed by atoms with E-state index in [9.17, 15) is 4.79 Å². The van der Waals surface area contributed by atoms with Crippen LogP contribution in [0.15, 0.2) is 4.52 Å². The number of aryl methyl sites for hydroxylation is 1. The van der Waals surface area contributed by atoms with Crippen molar-refractivity contribution in [1.29, 1.82) is 0 Å². The van der Waals surface area contributed by atoms with Crippen LogP contribution >= 0.6 is 24.8 Å². The summed E-state index contributed by atoms with van der Waals surface area (Å²) in [5, 5.41) is 7.21. The van der Waals surface area contributed by atoms with E-state index >= 15 is 0 Å². The van der Waals surface area contributed by atoms with Gasteiger partial charge < -0.3 is 14.7 Å². The third-order valence-corrected chi connectivity index (χ3v) is 5.24. The first-order chi connectivity index (χ1) is 11.1. The van der Waals surface area contributed by atoms with Crippen LogP contribution in [0.25, 0.3) is 0 Å². The second kappa shape index (κ2) is 9.71. The van der Waals surface area contributed by atoms with Gasteiger partial charge in [0.1, 0.15) is 0 Å². The predicted octanol–water partition coefficient (Wildman–Crippen LogP) is 1.54. The maximum Gasteiger partial charge on any atom is 0.243 e. The summed E-state index contributed by atoms with van der Waals surface area (Å²) < 4.78 is 5.35. The van der Waals surface area contributed by atoms with Crippen molar-refractivity contribution in [3.63, 3.8) is 0 Å². The Morgan fingerprint density at radius 1 is 1.24 bits per heavy atom. The van der Waals surface area contributed by atoms with Crippen LogP contribution in [0.1, 0.15) is 38.5 Å². The minimum absolute atomic E-state index is 0. The zero-order valence-electron chi connectivity index (χ0n) is 15.1. The number of carbonyl (C=O) groups is 1. The number of halogens is 2. The van der Waals surface area contributed by atoms with E-state index < -0.39 is 0 Å².